The number of allylic oxidation sites excluding steroid dienone is 13. The molecule has 0 amide bonds. The Hall–Kier alpha value is -6.32. The molecule has 3 heteroatoms. The highest BCUT2D eigenvalue weighted by Crippen LogP contribution is 2.55. The normalized spacial score (nSPS) is 18.5. The molecule has 0 saturated heterocycles. The zero-order chi connectivity index (χ0) is 35.3. The summed E-state index contributed by atoms with van der Waals surface area (Å²) in [7, 11) is 0. The lowest BCUT2D eigenvalue weighted by Crippen LogP contribution is -2.03. The zero-order valence-electron chi connectivity index (χ0n) is 29.8. The fourth-order valence-electron chi connectivity index (χ4n) is 8.19. The summed E-state index contributed by atoms with van der Waals surface area (Å²) in [6.07, 6.45) is 27.7. The van der Waals surface area contributed by atoms with Crippen molar-refractivity contribution in [2.24, 2.45) is 5.92 Å². The molecule has 0 N–H and O–H groups in total. The summed E-state index contributed by atoms with van der Waals surface area (Å²) in [4.78, 5) is 10.8. The van der Waals surface area contributed by atoms with E-state index in [1.165, 1.54) is 39.8 Å². The van der Waals surface area contributed by atoms with Crippen molar-refractivity contribution in [2.75, 3.05) is 0 Å². The SMILES string of the molecule is CC1=CCC=CC(c2cc(-c3ccccc3)cc(-c3cc(C4=CC=CCC=C4)cc(-c4cccc(-n5c6c(c7ccccc75)C=CC5CC65)c4)n3)n2)=C1. The molecular weight excluding hydrogens is 643 g/mol. The number of pyridine rings is 2. The van der Waals surface area contributed by atoms with E-state index < -0.39 is 0 Å². The van der Waals surface area contributed by atoms with Crippen LogP contribution in [0.15, 0.2) is 169 Å². The monoisotopic (exact) mass is 681 g/mol. The smallest absolute Gasteiger partial charge is 0.0900 e. The molecule has 254 valence electrons. The second kappa shape index (κ2) is 13.0. The highest BCUT2D eigenvalue weighted by Gasteiger charge is 2.43. The van der Waals surface area contributed by atoms with Gasteiger partial charge in [-0.15, -0.1) is 0 Å². The maximum Gasteiger partial charge on any atom is 0.0900 e. The third-order valence-electron chi connectivity index (χ3n) is 10.9. The van der Waals surface area contributed by atoms with Gasteiger partial charge in [0.1, 0.15) is 0 Å². The number of rotatable bonds is 6. The van der Waals surface area contributed by atoms with Crippen LogP contribution < -0.4 is 0 Å². The first-order valence-corrected chi connectivity index (χ1v) is 18.8. The molecule has 0 bridgehead atoms. The van der Waals surface area contributed by atoms with E-state index in [0.717, 1.165) is 69.0 Å². The average molecular weight is 682 g/mol. The van der Waals surface area contributed by atoms with Gasteiger partial charge in [-0.05, 0) is 96.8 Å². The van der Waals surface area contributed by atoms with Gasteiger partial charge in [0.05, 0.1) is 28.3 Å². The van der Waals surface area contributed by atoms with Crippen molar-refractivity contribution in [1.29, 1.82) is 0 Å². The molecule has 2 atom stereocenters. The van der Waals surface area contributed by atoms with Gasteiger partial charge in [-0.3, -0.25) is 0 Å². The quantitative estimate of drug-likeness (QED) is 0.175. The van der Waals surface area contributed by atoms with Gasteiger partial charge in [0.25, 0.3) is 0 Å². The first-order chi connectivity index (χ1) is 26.2. The van der Waals surface area contributed by atoms with E-state index in [4.69, 9.17) is 9.97 Å². The number of nitrogens with zero attached hydrogens (tertiary/aromatic N) is 3. The fraction of sp³-hybridized carbons (Fsp3) is 0.120. The summed E-state index contributed by atoms with van der Waals surface area (Å²) in [6.45, 7) is 2.16. The van der Waals surface area contributed by atoms with Gasteiger partial charge in [0.2, 0.25) is 0 Å². The van der Waals surface area contributed by atoms with E-state index in [2.05, 4.69) is 181 Å². The Balaban J connectivity index is 1.16. The maximum atomic E-state index is 5.44. The van der Waals surface area contributed by atoms with Gasteiger partial charge in [0.15, 0.2) is 0 Å². The Bertz CT molecular complexity index is 2650. The predicted molar refractivity (Wildman–Crippen MR) is 221 cm³/mol. The van der Waals surface area contributed by atoms with E-state index in [1.807, 2.05) is 0 Å². The van der Waals surface area contributed by atoms with Crippen LogP contribution in [-0.2, 0) is 0 Å². The van der Waals surface area contributed by atoms with E-state index in [0.29, 0.717) is 11.8 Å². The van der Waals surface area contributed by atoms with Crippen molar-refractivity contribution in [1.82, 2.24) is 14.5 Å². The van der Waals surface area contributed by atoms with Crippen LogP contribution in [0, 0.1) is 5.92 Å². The third kappa shape index (κ3) is 5.89. The van der Waals surface area contributed by atoms with Crippen LogP contribution >= 0.6 is 0 Å². The van der Waals surface area contributed by atoms with Crippen molar-refractivity contribution >= 4 is 28.1 Å². The van der Waals surface area contributed by atoms with Gasteiger partial charge in [-0.2, -0.15) is 0 Å². The summed E-state index contributed by atoms with van der Waals surface area (Å²) >= 11 is 0. The van der Waals surface area contributed by atoms with Crippen LogP contribution in [0.1, 0.15) is 54.6 Å². The van der Waals surface area contributed by atoms with E-state index in [1.54, 1.807) is 0 Å². The highest BCUT2D eigenvalue weighted by atomic mass is 15.0. The minimum Gasteiger partial charge on any atom is -0.313 e. The van der Waals surface area contributed by atoms with Crippen LogP contribution in [-0.4, -0.2) is 14.5 Å². The fourth-order valence-corrected chi connectivity index (χ4v) is 8.19. The maximum absolute atomic E-state index is 5.44. The lowest BCUT2D eigenvalue weighted by atomic mass is 9.98. The van der Waals surface area contributed by atoms with Crippen LogP contribution in [0.3, 0.4) is 0 Å². The summed E-state index contributed by atoms with van der Waals surface area (Å²) in [5.74, 6) is 1.23. The lowest BCUT2D eigenvalue weighted by Gasteiger charge is -2.16. The van der Waals surface area contributed by atoms with Crippen molar-refractivity contribution in [3.8, 4) is 39.5 Å². The number of hydrogen-bond acceptors (Lipinski definition) is 2. The van der Waals surface area contributed by atoms with Gasteiger partial charge in [0, 0.05) is 39.4 Å². The minimum atomic E-state index is 0.580. The number of hydrogen-bond donors (Lipinski definition) is 0. The Morgan fingerprint density at radius 2 is 1.38 bits per heavy atom. The Kier molecular flexibility index (Phi) is 7.72. The number of aromatic nitrogens is 3. The largest absolute Gasteiger partial charge is 0.313 e. The number of fused-ring (bicyclic) bond motifs is 5. The van der Waals surface area contributed by atoms with Gasteiger partial charge < -0.3 is 4.57 Å². The molecule has 0 aliphatic heterocycles. The molecular formula is C50H39N3. The molecule has 3 heterocycles. The molecule has 4 aliphatic carbocycles. The molecule has 1 fully saturated rings. The molecule has 53 heavy (non-hydrogen) atoms. The van der Waals surface area contributed by atoms with E-state index in [9.17, 15) is 0 Å². The minimum absolute atomic E-state index is 0.580. The molecule has 3 aromatic carbocycles. The summed E-state index contributed by atoms with van der Waals surface area (Å²) in [5.41, 5.74) is 16.8. The standard InChI is InChI=1S/C50H39N3/c1-33-14-9-10-19-37(26-33)45-29-39(35-17-7-4-8-18-35)31-47(51-45)48-32-40(34-15-5-2-3-6-16-34)30-46(52-48)38-20-13-21-41(27-38)53-49-23-12-11-22-42(49)43-25-24-36-28-44(36)50(43)53/h2,4-8,10-27,29-32,36,44H,3,9,28H2,1H3. The van der Waals surface area contributed by atoms with E-state index in [-0.39, 0.29) is 0 Å². The summed E-state index contributed by atoms with van der Waals surface area (Å²) in [6, 6.07) is 37.3. The molecule has 2 unspecified atom stereocenters. The molecule has 1 saturated carbocycles. The molecule has 3 aromatic heterocycles. The van der Waals surface area contributed by atoms with Crippen molar-refractivity contribution in [3.05, 3.63) is 192 Å². The van der Waals surface area contributed by atoms with Gasteiger partial charge >= 0.3 is 0 Å². The predicted octanol–water partition coefficient (Wildman–Crippen LogP) is 12.7. The van der Waals surface area contributed by atoms with Gasteiger partial charge in [-0.1, -0.05) is 133 Å². The number of para-hydroxylation sites is 1. The highest BCUT2D eigenvalue weighted by molar-refractivity contribution is 5.94. The molecule has 4 aliphatic rings. The second-order valence-corrected chi connectivity index (χ2v) is 14.6. The third-order valence-corrected chi connectivity index (χ3v) is 10.9. The average Bonchev–Trinajstić information content (AvgIpc) is 4.02. The number of benzene rings is 3. The molecule has 6 aromatic rings. The van der Waals surface area contributed by atoms with Gasteiger partial charge in [-0.25, -0.2) is 9.97 Å². The van der Waals surface area contributed by atoms with Crippen molar-refractivity contribution in [3.63, 3.8) is 0 Å². The van der Waals surface area contributed by atoms with Crippen LogP contribution in [0.4, 0.5) is 0 Å². The van der Waals surface area contributed by atoms with Crippen LogP contribution in [0.5, 0.6) is 0 Å². The topological polar surface area (TPSA) is 30.7 Å². The van der Waals surface area contributed by atoms with Crippen molar-refractivity contribution < 1.29 is 0 Å². The van der Waals surface area contributed by atoms with Crippen LogP contribution in [0.25, 0.3) is 67.6 Å². The summed E-state index contributed by atoms with van der Waals surface area (Å²) < 4.78 is 2.51. The Morgan fingerprint density at radius 3 is 2.30 bits per heavy atom. The van der Waals surface area contributed by atoms with Crippen LogP contribution in [0.2, 0.25) is 0 Å². The summed E-state index contributed by atoms with van der Waals surface area (Å²) in [5, 5.41) is 1.32. The lowest BCUT2D eigenvalue weighted by molar-refractivity contribution is 0.896. The van der Waals surface area contributed by atoms with E-state index >= 15 is 0 Å². The molecule has 3 nitrogen and oxygen atoms in total. The Morgan fingerprint density at radius 1 is 0.623 bits per heavy atom. The first-order valence-electron chi connectivity index (χ1n) is 18.8. The molecule has 0 radical (unpaired) electrons. The molecule has 10 rings (SSSR count). The molecule has 0 spiro atoms. The zero-order valence-corrected chi connectivity index (χ0v) is 29.8. The second-order valence-electron chi connectivity index (χ2n) is 14.6. The Labute approximate surface area is 311 Å². The first kappa shape index (κ1) is 31.4. The van der Waals surface area contributed by atoms with Crippen molar-refractivity contribution in [2.45, 2.75) is 32.1 Å².